The summed E-state index contributed by atoms with van der Waals surface area (Å²) in [5, 5.41) is 3.57. The third kappa shape index (κ3) is 6.17. The quantitative estimate of drug-likeness (QED) is 0.642. The van der Waals surface area contributed by atoms with Crippen molar-refractivity contribution in [2.24, 2.45) is 0 Å². The third-order valence-corrected chi connectivity index (χ3v) is 3.84. The molecule has 0 saturated carbocycles. The second-order valence-corrected chi connectivity index (χ2v) is 5.51. The second kappa shape index (κ2) is 9.76. The first-order chi connectivity index (χ1) is 8.77. The minimum Gasteiger partial charge on any atom is -0.376 e. The highest BCUT2D eigenvalue weighted by Gasteiger charge is 2.24. The zero-order chi connectivity index (χ0) is 13.2. The summed E-state index contributed by atoms with van der Waals surface area (Å²) in [5.74, 6) is 0. The van der Waals surface area contributed by atoms with Gasteiger partial charge >= 0.3 is 0 Å². The van der Waals surface area contributed by atoms with Crippen LogP contribution in [0, 0.1) is 0 Å². The number of nitrogens with one attached hydrogen (secondary N) is 1. The Morgan fingerprint density at radius 3 is 2.72 bits per heavy atom. The van der Waals surface area contributed by atoms with Gasteiger partial charge in [0, 0.05) is 25.7 Å². The SMILES string of the molecule is CCCCCCNCCN1CC(C)OCC1CC. The van der Waals surface area contributed by atoms with Crippen LogP contribution in [0.25, 0.3) is 0 Å². The highest BCUT2D eigenvalue weighted by Crippen LogP contribution is 2.13. The Bertz CT molecular complexity index is 199. The average Bonchev–Trinajstić information content (AvgIpc) is 2.38. The van der Waals surface area contributed by atoms with Gasteiger partial charge in [0.05, 0.1) is 12.7 Å². The zero-order valence-electron chi connectivity index (χ0n) is 12.6. The van der Waals surface area contributed by atoms with Crippen LogP contribution in [0.15, 0.2) is 0 Å². The Morgan fingerprint density at radius 2 is 2.00 bits per heavy atom. The van der Waals surface area contributed by atoms with Gasteiger partial charge in [-0.25, -0.2) is 0 Å². The minimum atomic E-state index is 0.400. The van der Waals surface area contributed by atoms with E-state index in [4.69, 9.17) is 4.74 Å². The lowest BCUT2D eigenvalue weighted by Gasteiger charge is -2.38. The van der Waals surface area contributed by atoms with Crippen LogP contribution in [-0.4, -0.2) is 49.8 Å². The number of morpholine rings is 1. The largest absolute Gasteiger partial charge is 0.376 e. The number of hydrogen-bond acceptors (Lipinski definition) is 3. The number of hydrogen-bond donors (Lipinski definition) is 1. The molecule has 0 radical (unpaired) electrons. The summed E-state index contributed by atoms with van der Waals surface area (Å²) in [6.45, 7) is 12.2. The predicted octanol–water partition coefficient (Wildman–Crippen LogP) is 2.66. The van der Waals surface area contributed by atoms with E-state index in [0.717, 1.165) is 19.7 Å². The molecule has 0 bridgehead atoms. The van der Waals surface area contributed by atoms with Gasteiger partial charge in [-0.1, -0.05) is 33.1 Å². The van der Waals surface area contributed by atoms with Crippen molar-refractivity contribution in [3.8, 4) is 0 Å². The summed E-state index contributed by atoms with van der Waals surface area (Å²) in [6.07, 6.45) is 6.99. The molecule has 0 aromatic carbocycles. The van der Waals surface area contributed by atoms with Crippen molar-refractivity contribution in [3.05, 3.63) is 0 Å². The standard InChI is InChI=1S/C15H32N2O/c1-4-6-7-8-9-16-10-11-17-12-14(3)18-13-15(17)5-2/h14-16H,4-13H2,1-3H3. The van der Waals surface area contributed by atoms with Crippen molar-refractivity contribution >= 4 is 0 Å². The molecule has 2 atom stereocenters. The summed E-state index contributed by atoms with van der Waals surface area (Å²) in [4.78, 5) is 2.59. The van der Waals surface area contributed by atoms with E-state index in [0.29, 0.717) is 12.1 Å². The van der Waals surface area contributed by atoms with Crippen LogP contribution in [0.2, 0.25) is 0 Å². The highest BCUT2D eigenvalue weighted by atomic mass is 16.5. The lowest BCUT2D eigenvalue weighted by Crippen LogP contribution is -2.50. The molecule has 0 aromatic heterocycles. The molecule has 1 fully saturated rings. The fourth-order valence-electron chi connectivity index (χ4n) is 2.59. The lowest BCUT2D eigenvalue weighted by atomic mass is 10.1. The molecule has 0 aromatic rings. The predicted molar refractivity (Wildman–Crippen MR) is 78.1 cm³/mol. The molecular formula is C15H32N2O. The molecule has 108 valence electrons. The molecule has 1 N–H and O–H groups in total. The van der Waals surface area contributed by atoms with E-state index in [9.17, 15) is 0 Å². The van der Waals surface area contributed by atoms with E-state index in [1.165, 1.54) is 45.2 Å². The maximum absolute atomic E-state index is 5.72. The van der Waals surface area contributed by atoms with Crippen molar-refractivity contribution in [3.63, 3.8) is 0 Å². The number of unbranched alkanes of at least 4 members (excludes halogenated alkanes) is 3. The Balaban J connectivity index is 2.05. The van der Waals surface area contributed by atoms with Gasteiger partial charge in [-0.05, 0) is 26.3 Å². The Labute approximate surface area is 113 Å². The Hall–Kier alpha value is -0.120. The monoisotopic (exact) mass is 256 g/mol. The van der Waals surface area contributed by atoms with Crippen molar-refractivity contribution in [2.75, 3.05) is 32.8 Å². The first-order valence-electron chi connectivity index (χ1n) is 7.84. The average molecular weight is 256 g/mol. The Morgan fingerprint density at radius 1 is 1.17 bits per heavy atom. The molecule has 1 heterocycles. The first-order valence-corrected chi connectivity index (χ1v) is 7.84. The summed E-state index contributed by atoms with van der Waals surface area (Å²) in [6, 6.07) is 0.628. The summed E-state index contributed by atoms with van der Waals surface area (Å²) in [5.41, 5.74) is 0. The number of ether oxygens (including phenoxy) is 1. The zero-order valence-corrected chi connectivity index (χ0v) is 12.6. The van der Waals surface area contributed by atoms with Gasteiger partial charge < -0.3 is 10.1 Å². The fourth-order valence-corrected chi connectivity index (χ4v) is 2.59. The molecule has 3 heteroatoms. The molecule has 1 rings (SSSR count). The van der Waals surface area contributed by atoms with Crippen molar-refractivity contribution in [1.29, 1.82) is 0 Å². The normalized spacial score (nSPS) is 25.5. The van der Waals surface area contributed by atoms with Crippen LogP contribution in [-0.2, 0) is 4.74 Å². The van der Waals surface area contributed by atoms with E-state index in [2.05, 4.69) is 31.0 Å². The van der Waals surface area contributed by atoms with Crippen molar-refractivity contribution in [1.82, 2.24) is 10.2 Å². The molecule has 0 aliphatic carbocycles. The van der Waals surface area contributed by atoms with Crippen LogP contribution in [0.1, 0.15) is 52.9 Å². The summed E-state index contributed by atoms with van der Waals surface area (Å²) in [7, 11) is 0. The molecule has 1 aliphatic rings. The smallest absolute Gasteiger partial charge is 0.0674 e. The van der Waals surface area contributed by atoms with Crippen molar-refractivity contribution < 1.29 is 4.74 Å². The van der Waals surface area contributed by atoms with Gasteiger partial charge in [0.15, 0.2) is 0 Å². The van der Waals surface area contributed by atoms with Gasteiger partial charge in [-0.2, -0.15) is 0 Å². The number of nitrogens with zero attached hydrogens (tertiary/aromatic N) is 1. The third-order valence-electron chi connectivity index (χ3n) is 3.84. The first kappa shape index (κ1) is 15.9. The van der Waals surface area contributed by atoms with Gasteiger partial charge in [-0.15, -0.1) is 0 Å². The topological polar surface area (TPSA) is 24.5 Å². The van der Waals surface area contributed by atoms with Gasteiger partial charge in [-0.3, -0.25) is 4.90 Å². The van der Waals surface area contributed by atoms with Crippen LogP contribution in [0.5, 0.6) is 0 Å². The molecule has 3 nitrogen and oxygen atoms in total. The fraction of sp³-hybridized carbons (Fsp3) is 1.00. The molecule has 2 unspecified atom stereocenters. The van der Waals surface area contributed by atoms with Crippen LogP contribution in [0.3, 0.4) is 0 Å². The molecule has 1 aliphatic heterocycles. The summed E-state index contributed by atoms with van der Waals surface area (Å²) < 4.78 is 5.72. The van der Waals surface area contributed by atoms with E-state index in [1.54, 1.807) is 0 Å². The minimum absolute atomic E-state index is 0.400. The number of rotatable bonds is 9. The van der Waals surface area contributed by atoms with Crippen LogP contribution >= 0.6 is 0 Å². The van der Waals surface area contributed by atoms with Crippen molar-refractivity contribution in [2.45, 2.75) is 65.0 Å². The van der Waals surface area contributed by atoms with E-state index < -0.39 is 0 Å². The van der Waals surface area contributed by atoms with Gasteiger partial charge in [0.25, 0.3) is 0 Å². The molecule has 1 saturated heterocycles. The second-order valence-electron chi connectivity index (χ2n) is 5.51. The molecule has 0 amide bonds. The van der Waals surface area contributed by atoms with Crippen LogP contribution in [0.4, 0.5) is 0 Å². The van der Waals surface area contributed by atoms with Gasteiger partial charge in [0.2, 0.25) is 0 Å². The van der Waals surface area contributed by atoms with E-state index in [1.807, 2.05) is 0 Å². The molecular weight excluding hydrogens is 224 g/mol. The van der Waals surface area contributed by atoms with Gasteiger partial charge in [0.1, 0.15) is 0 Å². The Kier molecular flexibility index (Phi) is 8.64. The van der Waals surface area contributed by atoms with E-state index >= 15 is 0 Å². The van der Waals surface area contributed by atoms with Crippen LogP contribution < -0.4 is 5.32 Å². The maximum atomic E-state index is 5.72. The van der Waals surface area contributed by atoms with E-state index in [-0.39, 0.29) is 0 Å². The molecule has 0 spiro atoms. The lowest BCUT2D eigenvalue weighted by molar-refractivity contribution is -0.0550. The highest BCUT2D eigenvalue weighted by molar-refractivity contribution is 4.77. The maximum Gasteiger partial charge on any atom is 0.0674 e. The molecule has 18 heavy (non-hydrogen) atoms. The summed E-state index contributed by atoms with van der Waals surface area (Å²) >= 11 is 0.